The highest BCUT2D eigenvalue weighted by molar-refractivity contribution is 6.30. The number of benzene rings is 2. The van der Waals surface area contributed by atoms with E-state index in [0.717, 1.165) is 43.8 Å². The molecule has 4 heteroatoms. The lowest BCUT2D eigenvalue weighted by Gasteiger charge is -2.18. The highest BCUT2D eigenvalue weighted by atomic mass is 35.5. The minimum absolute atomic E-state index is 0.0613. The van der Waals surface area contributed by atoms with Crippen LogP contribution in [0.1, 0.15) is 43.7 Å². The van der Waals surface area contributed by atoms with Gasteiger partial charge in [0, 0.05) is 30.3 Å². The van der Waals surface area contributed by atoms with Crippen molar-refractivity contribution in [1.29, 1.82) is 0 Å². The smallest absolute Gasteiger partial charge is 0.224 e. The van der Waals surface area contributed by atoms with Crippen molar-refractivity contribution in [2.24, 2.45) is 5.92 Å². The third-order valence-electron chi connectivity index (χ3n) is 5.60. The summed E-state index contributed by atoms with van der Waals surface area (Å²) in [7, 11) is 0. The van der Waals surface area contributed by atoms with Gasteiger partial charge in [0.25, 0.3) is 0 Å². The molecule has 29 heavy (non-hydrogen) atoms. The quantitative estimate of drug-likeness (QED) is 0.590. The van der Waals surface area contributed by atoms with Crippen molar-refractivity contribution in [3.05, 3.63) is 70.8 Å². The molecule has 1 heterocycles. The maximum Gasteiger partial charge on any atom is 0.224 e. The summed E-state index contributed by atoms with van der Waals surface area (Å²) in [6.07, 6.45) is 6.16. The van der Waals surface area contributed by atoms with Crippen molar-refractivity contribution in [2.75, 3.05) is 24.5 Å². The van der Waals surface area contributed by atoms with E-state index < -0.39 is 0 Å². The molecule has 0 radical (unpaired) electrons. The van der Waals surface area contributed by atoms with Crippen molar-refractivity contribution in [2.45, 2.75) is 39.5 Å². The molecule has 2 aromatic carbocycles. The van der Waals surface area contributed by atoms with Gasteiger partial charge in [-0.2, -0.15) is 0 Å². The van der Waals surface area contributed by atoms with Crippen LogP contribution in [0.2, 0.25) is 5.02 Å². The number of carbonyl (C=O) groups excluding carboxylic acids is 1. The molecule has 1 atom stereocenters. The number of para-hydroxylation sites is 1. The predicted molar refractivity (Wildman–Crippen MR) is 123 cm³/mol. The monoisotopic (exact) mass is 410 g/mol. The average Bonchev–Trinajstić information content (AvgIpc) is 3.23. The Balaban J connectivity index is 1.56. The summed E-state index contributed by atoms with van der Waals surface area (Å²) in [5.74, 6) is 0.229. The van der Waals surface area contributed by atoms with Gasteiger partial charge in [0.1, 0.15) is 0 Å². The van der Waals surface area contributed by atoms with Crippen LogP contribution in [0.5, 0.6) is 0 Å². The molecule has 1 unspecified atom stereocenters. The van der Waals surface area contributed by atoms with Crippen molar-refractivity contribution in [3.8, 4) is 0 Å². The molecule has 1 fully saturated rings. The van der Waals surface area contributed by atoms with Crippen LogP contribution in [0.3, 0.4) is 0 Å². The lowest BCUT2D eigenvalue weighted by molar-refractivity contribution is -0.124. The maximum atomic E-state index is 12.7. The largest absolute Gasteiger partial charge is 0.371 e. The number of aryl methyl sites for hydroxylation is 1. The number of allylic oxidation sites excluding steroid dienone is 1. The first-order valence-electron chi connectivity index (χ1n) is 10.6. The predicted octanol–water partition coefficient (Wildman–Crippen LogP) is 5.86. The Morgan fingerprint density at radius 1 is 1.24 bits per heavy atom. The lowest BCUT2D eigenvalue weighted by Crippen LogP contribution is -2.33. The summed E-state index contributed by atoms with van der Waals surface area (Å²) in [5, 5.41) is 3.92. The van der Waals surface area contributed by atoms with Crippen LogP contribution >= 0.6 is 11.6 Å². The molecule has 0 bridgehead atoms. The second-order valence-electron chi connectivity index (χ2n) is 7.79. The number of hydrogen-bond donors (Lipinski definition) is 1. The fraction of sp³-hybridized carbons (Fsp3) is 0.400. The normalized spacial score (nSPS) is 16.9. The van der Waals surface area contributed by atoms with E-state index in [0.29, 0.717) is 6.54 Å². The van der Waals surface area contributed by atoms with E-state index in [-0.39, 0.29) is 11.8 Å². The molecule has 2 aromatic rings. The number of nitrogens with zero attached hydrogens (tertiary/aromatic N) is 1. The summed E-state index contributed by atoms with van der Waals surface area (Å²) in [6.45, 7) is 6.68. The summed E-state index contributed by atoms with van der Waals surface area (Å²) < 4.78 is 0. The zero-order valence-corrected chi connectivity index (χ0v) is 18.2. The van der Waals surface area contributed by atoms with Gasteiger partial charge in [0.15, 0.2) is 0 Å². The minimum atomic E-state index is 0.0613. The van der Waals surface area contributed by atoms with Crippen molar-refractivity contribution < 1.29 is 4.79 Å². The zero-order chi connectivity index (χ0) is 20.6. The SMILES string of the molecule is CCC/C=C(/CCNC(=O)C1CCN(c2ccccc2)C1)c1cc(Cl)ccc1C. The van der Waals surface area contributed by atoms with Gasteiger partial charge in [-0.3, -0.25) is 4.79 Å². The van der Waals surface area contributed by atoms with Gasteiger partial charge in [-0.1, -0.05) is 55.3 Å². The summed E-state index contributed by atoms with van der Waals surface area (Å²) in [6, 6.07) is 16.4. The van der Waals surface area contributed by atoms with E-state index in [1.165, 1.54) is 22.4 Å². The highest BCUT2D eigenvalue weighted by Crippen LogP contribution is 2.27. The molecule has 1 aliphatic rings. The number of anilines is 1. The molecular weight excluding hydrogens is 380 g/mol. The fourth-order valence-corrected chi connectivity index (χ4v) is 4.09. The number of amides is 1. The van der Waals surface area contributed by atoms with Crippen LogP contribution in [0.4, 0.5) is 5.69 Å². The van der Waals surface area contributed by atoms with Crippen LogP contribution in [0, 0.1) is 12.8 Å². The molecule has 1 N–H and O–H groups in total. The van der Waals surface area contributed by atoms with E-state index in [4.69, 9.17) is 11.6 Å². The van der Waals surface area contributed by atoms with Crippen molar-refractivity contribution in [1.82, 2.24) is 5.32 Å². The molecule has 154 valence electrons. The van der Waals surface area contributed by atoms with E-state index in [2.05, 4.69) is 48.3 Å². The van der Waals surface area contributed by atoms with Crippen LogP contribution in [-0.2, 0) is 4.79 Å². The van der Waals surface area contributed by atoms with Crippen LogP contribution in [-0.4, -0.2) is 25.5 Å². The van der Waals surface area contributed by atoms with Gasteiger partial charge < -0.3 is 10.2 Å². The van der Waals surface area contributed by atoms with Gasteiger partial charge in [0.05, 0.1) is 5.92 Å². The Morgan fingerprint density at radius 2 is 2.03 bits per heavy atom. The Labute approximate surface area is 179 Å². The molecule has 0 aromatic heterocycles. The van der Waals surface area contributed by atoms with E-state index >= 15 is 0 Å². The Bertz CT molecular complexity index is 847. The standard InChI is InChI=1S/C25H31ClN2O/c1-3-4-8-20(24-17-22(26)12-11-19(24)2)13-15-27-25(29)21-14-16-28(18-21)23-9-6-5-7-10-23/h5-12,17,21H,3-4,13-16,18H2,1-2H3,(H,27,29)/b20-8-. The third-order valence-corrected chi connectivity index (χ3v) is 5.83. The van der Waals surface area contributed by atoms with E-state index in [9.17, 15) is 4.79 Å². The molecule has 1 aliphatic heterocycles. The molecular formula is C25H31ClN2O. The van der Waals surface area contributed by atoms with E-state index in [1.807, 2.05) is 30.3 Å². The van der Waals surface area contributed by atoms with Gasteiger partial charge in [0.2, 0.25) is 5.91 Å². The Kier molecular flexibility index (Phi) is 7.76. The second-order valence-corrected chi connectivity index (χ2v) is 8.22. The van der Waals surface area contributed by atoms with Crippen LogP contribution < -0.4 is 10.2 Å². The fourth-order valence-electron chi connectivity index (χ4n) is 3.92. The minimum Gasteiger partial charge on any atom is -0.371 e. The summed E-state index contributed by atoms with van der Waals surface area (Å²) in [4.78, 5) is 15.0. The van der Waals surface area contributed by atoms with Crippen LogP contribution in [0.25, 0.3) is 5.57 Å². The first-order valence-corrected chi connectivity index (χ1v) is 11.0. The molecule has 0 spiro atoms. The van der Waals surface area contributed by atoms with Gasteiger partial charge in [-0.25, -0.2) is 0 Å². The molecule has 3 rings (SSSR count). The van der Waals surface area contributed by atoms with Crippen molar-refractivity contribution in [3.63, 3.8) is 0 Å². The third kappa shape index (κ3) is 5.86. The number of hydrogen-bond acceptors (Lipinski definition) is 2. The number of unbranched alkanes of at least 4 members (excludes halogenated alkanes) is 1. The van der Waals surface area contributed by atoms with Crippen LogP contribution in [0.15, 0.2) is 54.6 Å². The first kappa shape index (κ1) is 21.4. The number of rotatable bonds is 8. The van der Waals surface area contributed by atoms with Gasteiger partial charge in [-0.05, 0) is 67.2 Å². The Morgan fingerprint density at radius 3 is 2.79 bits per heavy atom. The molecule has 0 saturated carbocycles. The Hall–Kier alpha value is -2.26. The lowest BCUT2D eigenvalue weighted by atomic mass is 9.96. The molecule has 0 aliphatic carbocycles. The van der Waals surface area contributed by atoms with Gasteiger partial charge in [-0.15, -0.1) is 0 Å². The maximum absolute atomic E-state index is 12.7. The molecule has 1 amide bonds. The summed E-state index contributed by atoms with van der Waals surface area (Å²) in [5.41, 5.74) is 4.88. The number of nitrogens with one attached hydrogen (secondary N) is 1. The highest BCUT2D eigenvalue weighted by Gasteiger charge is 2.28. The topological polar surface area (TPSA) is 32.3 Å². The number of halogens is 1. The van der Waals surface area contributed by atoms with Gasteiger partial charge >= 0.3 is 0 Å². The van der Waals surface area contributed by atoms with E-state index in [1.54, 1.807) is 0 Å². The summed E-state index contributed by atoms with van der Waals surface area (Å²) >= 11 is 6.23. The first-order chi connectivity index (χ1) is 14.1. The number of carbonyl (C=O) groups is 1. The zero-order valence-electron chi connectivity index (χ0n) is 17.5. The second kappa shape index (κ2) is 10.5. The molecule has 3 nitrogen and oxygen atoms in total. The van der Waals surface area contributed by atoms with Crippen molar-refractivity contribution >= 4 is 28.8 Å². The average molecular weight is 411 g/mol. The molecule has 1 saturated heterocycles.